The maximum absolute atomic E-state index is 11.9. The van der Waals surface area contributed by atoms with Crippen molar-refractivity contribution in [2.45, 2.75) is 43.6 Å². The van der Waals surface area contributed by atoms with E-state index in [1.54, 1.807) is 7.05 Å². The molecular weight excluding hydrogens is 591 g/mol. The summed E-state index contributed by atoms with van der Waals surface area (Å²) in [4.78, 5) is 47.4. The Kier molecular flexibility index (Phi) is 14.0. The fourth-order valence-corrected chi connectivity index (χ4v) is 3.66. The summed E-state index contributed by atoms with van der Waals surface area (Å²) < 4.78 is 95.2. The highest BCUT2D eigenvalue weighted by Gasteiger charge is 2.46. The number of carbonyl (C=O) groups excluding carboxylic acids is 1. The summed E-state index contributed by atoms with van der Waals surface area (Å²) in [5.41, 5.74) is 1.26. The van der Waals surface area contributed by atoms with Gasteiger partial charge in [0.2, 0.25) is 5.91 Å². The van der Waals surface area contributed by atoms with Crippen LogP contribution in [0, 0.1) is 5.92 Å². The minimum Gasteiger partial charge on any atom is -0.475 e. The second kappa shape index (κ2) is 15.4. The number of carbonyl (C=O) groups is 4. The summed E-state index contributed by atoms with van der Waals surface area (Å²) in [7, 11) is 3.80. The van der Waals surface area contributed by atoms with Crippen molar-refractivity contribution in [2.75, 3.05) is 27.2 Å². The molecule has 0 saturated carbocycles. The molecule has 0 radical (unpaired) electrons. The number of fused-ring (bicyclic) bond motifs is 1. The van der Waals surface area contributed by atoms with Crippen LogP contribution in [0.5, 0.6) is 0 Å². The summed E-state index contributed by atoms with van der Waals surface area (Å²) in [6, 6.07) is 4.67. The lowest BCUT2D eigenvalue weighted by atomic mass is 10.0. The van der Waals surface area contributed by atoms with Gasteiger partial charge in [-0.15, -0.1) is 0 Å². The Balaban J connectivity index is 0.000000631. The summed E-state index contributed by atoms with van der Waals surface area (Å²) >= 11 is 0. The Bertz CT molecular complexity index is 964. The molecule has 0 bridgehead atoms. The summed E-state index contributed by atoms with van der Waals surface area (Å²) in [5, 5.41) is 24.2. The number of aliphatic carboxylic acids is 3. The van der Waals surface area contributed by atoms with Gasteiger partial charge < -0.3 is 20.6 Å². The van der Waals surface area contributed by atoms with Gasteiger partial charge >= 0.3 is 36.4 Å². The van der Waals surface area contributed by atoms with Crippen molar-refractivity contribution in [3.05, 3.63) is 30.1 Å². The molecule has 234 valence electrons. The molecule has 2 saturated heterocycles. The van der Waals surface area contributed by atoms with Crippen molar-refractivity contribution in [3.8, 4) is 0 Å². The number of rotatable bonds is 3. The summed E-state index contributed by atoms with van der Waals surface area (Å²) in [5.74, 6) is -7.51. The zero-order valence-electron chi connectivity index (χ0n) is 21.1. The van der Waals surface area contributed by atoms with Crippen LogP contribution in [-0.4, -0.2) is 112 Å². The average molecular weight is 616 g/mol. The maximum Gasteiger partial charge on any atom is 0.490 e. The third kappa shape index (κ3) is 13.5. The first-order valence-electron chi connectivity index (χ1n) is 11.0. The molecule has 2 aliphatic rings. The van der Waals surface area contributed by atoms with E-state index >= 15 is 0 Å². The molecule has 3 rings (SSSR count). The van der Waals surface area contributed by atoms with E-state index in [1.807, 2.05) is 18.5 Å². The van der Waals surface area contributed by atoms with Gasteiger partial charge in [-0.05, 0) is 31.0 Å². The number of pyridine rings is 1. The van der Waals surface area contributed by atoms with Gasteiger partial charge in [0.1, 0.15) is 0 Å². The minimum atomic E-state index is -5.08. The first-order valence-corrected chi connectivity index (χ1v) is 11.0. The van der Waals surface area contributed by atoms with Crippen LogP contribution in [0.25, 0.3) is 0 Å². The van der Waals surface area contributed by atoms with Gasteiger partial charge in [0, 0.05) is 45.1 Å². The molecule has 3 atom stereocenters. The van der Waals surface area contributed by atoms with Crippen molar-refractivity contribution < 1.29 is 74.0 Å². The Morgan fingerprint density at radius 1 is 0.902 bits per heavy atom. The monoisotopic (exact) mass is 616 g/mol. The van der Waals surface area contributed by atoms with E-state index in [2.05, 4.69) is 33.2 Å². The van der Waals surface area contributed by atoms with Crippen LogP contribution in [-0.2, 0) is 25.7 Å². The molecule has 2 aliphatic heterocycles. The Hall–Kier alpha value is -3.68. The molecule has 3 heterocycles. The molecule has 2 fully saturated rings. The molecule has 1 aromatic heterocycles. The highest BCUT2D eigenvalue weighted by molar-refractivity contribution is 5.81. The molecule has 11 nitrogen and oxygen atoms in total. The highest BCUT2D eigenvalue weighted by atomic mass is 19.4. The van der Waals surface area contributed by atoms with Crippen molar-refractivity contribution in [1.29, 1.82) is 0 Å². The summed E-state index contributed by atoms with van der Waals surface area (Å²) in [6.07, 6.45) is -10.5. The highest BCUT2D eigenvalue weighted by Crippen LogP contribution is 2.35. The lowest BCUT2D eigenvalue weighted by Gasteiger charge is -2.25. The summed E-state index contributed by atoms with van der Waals surface area (Å²) in [6.45, 7) is 3.08. The number of alkyl halides is 9. The molecule has 1 amide bonds. The van der Waals surface area contributed by atoms with E-state index in [4.69, 9.17) is 29.7 Å². The topological polar surface area (TPSA) is 160 Å². The van der Waals surface area contributed by atoms with Crippen molar-refractivity contribution in [3.63, 3.8) is 0 Å². The van der Waals surface area contributed by atoms with Crippen LogP contribution in [0.15, 0.2) is 24.5 Å². The van der Waals surface area contributed by atoms with Crippen molar-refractivity contribution in [2.24, 2.45) is 5.92 Å². The lowest BCUT2D eigenvalue weighted by molar-refractivity contribution is -0.193. The van der Waals surface area contributed by atoms with Crippen molar-refractivity contribution in [1.82, 2.24) is 20.1 Å². The van der Waals surface area contributed by atoms with Gasteiger partial charge in [-0.25, -0.2) is 14.4 Å². The van der Waals surface area contributed by atoms with Crippen LogP contribution in [0.2, 0.25) is 0 Å². The molecule has 41 heavy (non-hydrogen) atoms. The Labute approximate surface area is 225 Å². The minimum absolute atomic E-state index is 0.0514. The van der Waals surface area contributed by atoms with Gasteiger partial charge in [0.05, 0.1) is 6.04 Å². The Morgan fingerprint density at radius 3 is 1.66 bits per heavy atom. The molecule has 0 aromatic carbocycles. The van der Waals surface area contributed by atoms with E-state index < -0.39 is 36.4 Å². The van der Waals surface area contributed by atoms with E-state index in [-0.39, 0.29) is 11.9 Å². The van der Waals surface area contributed by atoms with E-state index in [0.29, 0.717) is 12.0 Å². The number of carboxylic acid groups (broad SMARTS) is 3. The van der Waals surface area contributed by atoms with E-state index in [0.717, 1.165) is 26.1 Å². The predicted octanol–water partition coefficient (Wildman–Crippen LogP) is 2.23. The maximum atomic E-state index is 11.9. The van der Waals surface area contributed by atoms with Gasteiger partial charge in [0.15, 0.2) is 0 Å². The van der Waals surface area contributed by atoms with Crippen LogP contribution >= 0.6 is 0 Å². The van der Waals surface area contributed by atoms with Gasteiger partial charge in [-0.1, -0.05) is 6.07 Å². The number of hydrogen-bond acceptors (Lipinski definition) is 7. The largest absolute Gasteiger partial charge is 0.490 e. The molecule has 0 spiro atoms. The zero-order valence-corrected chi connectivity index (χ0v) is 21.1. The van der Waals surface area contributed by atoms with Crippen LogP contribution in [0.4, 0.5) is 39.5 Å². The number of aromatic nitrogens is 1. The molecular formula is C21H25F9N4O7. The number of hydrogen-bond donors (Lipinski definition) is 4. The second-order valence-electron chi connectivity index (χ2n) is 8.32. The van der Waals surface area contributed by atoms with E-state index in [9.17, 15) is 44.3 Å². The SMILES string of the molecule is CNC(=O)[C@@H]1C[C@H]2CN(Cc3cccnc3)C[C@H]2N1C.O=C(O)C(F)(F)F.O=C(O)C(F)(F)F.O=C(O)C(F)(F)F. The number of nitrogens with one attached hydrogen (secondary N) is 1. The first-order chi connectivity index (χ1) is 18.5. The molecule has 0 unspecified atom stereocenters. The molecule has 0 aliphatic carbocycles. The van der Waals surface area contributed by atoms with Gasteiger partial charge in [0.25, 0.3) is 0 Å². The molecule has 1 aromatic rings. The van der Waals surface area contributed by atoms with E-state index in [1.165, 1.54) is 5.56 Å². The van der Waals surface area contributed by atoms with Crippen molar-refractivity contribution >= 4 is 23.8 Å². The Morgan fingerprint density at radius 2 is 1.34 bits per heavy atom. The predicted molar refractivity (Wildman–Crippen MR) is 118 cm³/mol. The fourth-order valence-electron chi connectivity index (χ4n) is 3.66. The number of likely N-dealkylation sites (N-methyl/N-ethyl adjacent to an activating group) is 2. The zero-order chi connectivity index (χ0) is 32.3. The second-order valence-corrected chi connectivity index (χ2v) is 8.32. The standard InChI is InChI=1S/C15H22N4O.3C2HF3O2/c1-16-15(20)13-6-12-9-19(10-14(12)18(13)2)8-11-4-3-5-17-7-11;3*3-2(4,5)1(6)7/h3-5,7,12-14H,6,8-10H2,1-2H3,(H,16,20);3*(H,6,7)/t12-,13-,14+;;;/m0.../s1. The normalized spacial score (nSPS) is 20.6. The number of amides is 1. The first kappa shape index (κ1) is 37.3. The molecule has 20 heteroatoms. The van der Waals surface area contributed by atoms with Gasteiger partial charge in [-0.2, -0.15) is 39.5 Å². The number of nitrogens with zero attached hydrogens (tertiary/aromatic N) is 3. The number of likely N-dealkylation sites (tertiary alicyclic amines) is 2. The smallest absolute Gasteiger partial charge is 0.475 e. The van der Waals surface area contributed by atoms with Gasteiger partial charge in [-0.3, -0.25) is 19.6 Å². The average Bonchev–Trinajstić information content (AvgIpc) is 3.36. The van der Waals surface area contributed by atoms with Crippen LogP contribution < -0.4 is 5.32 Å². The van der Waals surface area contributed by atoms with Crippen LogP contribution in [0.1, 0.15) is 12.0 Å². The number of halogens is 9. The molecule has 4 N–H and O–H groups in total. The third-order valence-corrected chi connectivity index (χ3v) is 5.43. The lowest BCUT2D eigenvalue weighted by Crippen LogP contribution is -2.44. The third-order valence-electron chi connectivity index (χ3n) is 5.43. The fraction of sp³-hybridized carbons (Fsp3) is 0.571. The number of carboxylic acids is 3. The van der Waals surface area contributed by atoms with Crippen LogP contribution in [0.3, 0.4) is 0 Å². The quantitative estimate of drug-likeness (QED) is 0.371.